The van der Waals surface area contributed by atoms with E-state index in [0.717, 1.165) is 0 Å². The van der Waals surface area contributed by atoms with E-state index in [0.29, 0.717) is 0 Å². The minimum Gasteiger partial charge on any atom is 1.00 e. The van der Waals surface area contributed by atoms with Gasteiger partial charge < -0.3 is 34.3 Å². The topological polar surface area (TPSA) is 126 Å². The summed E-state index contributed by atoms with van der Waals surface area (Å²) in [5.74, 6) is 0. The summed E-state index contributed by atoms with van der Waals surface area (Å²) < 4.78 is 0. The van der Waals surface area contributed by atoms with Gasteiger partial charge in [-0.15, -0.1) is 0 Å². The zero-order valence-corrected chi connectivity index (χ0v) is 12.0. The summed E-state index contributed by atoms with van der Waals surface area (Å²) in [6, 6.07) is 0. The van der Waals surface area contributed by atoms with Gasteiger partial charge in [0.2, 0.25) is 0 Å². The van der Waals surface area contributed by atoms with Crippen LogP contribution in [0.25, 0.3) is 0 Å². The number of hydrogen-bond donors (Lipinski definition) is 0. The van der Waals surface area contributed by atoms with Crippen LogP contribution in [0.2, 0.25) is 0 Å². The summed E-state index contributed by atoms with van der Waals surface area (Å²) in [6.07, 6.45) is 0. The average molecular weight is 434 g/mol. The second-order valence-electron chi connectivity index (χ2n) is 0.129. The van der Waals surface area contributed by atoms with E-state index in [1.165, 1.54) is 0 Å². The molecule has 0 amide bonds. The number of rotatable bonds is 0. The van der Waals surface area contributed by atoms with Gasteiger partial charge in [-0.05, 0) is 0 Å². The molecule has 10 heteroatoms. The van der Waals surface area contributed by atoms with Crippen LogP contribution in [0.1, 0.15) is 0 Å². The Morgan fingerprint density at radius 1 is 0.700 bits per heavy atom. The van der Waals surface area contributed by atoms with Crippen LogP contribution >= 0.6 is 27.6 Å². The Kier molecular flexibility index (Phi) is 219. The maximum absolute atomic E-state index is 4.95. The van der Waals surface area contributed by atoms with E-state index in [1.54, 1.807) is 0 Å². The van der Waals surface area contributed by atoms with Crippen LogP contribution in [0.5, 0.6) is 0 Å². The molecule has 0 bridgehead atoms. The standard InChI is InChI=1S/Au.4ClH.Na.4H2O/h;4*1H;;4*1H2/q+3;;;;;+1;;;;/p-4. The van der Waals surface area contributed by atoms with Crippen molar-refractivity contribution in [2.75, 3.05) is 0 Å². The molecular weight excluding hydrogens is 426 g/mol. The maximum Gasteiger partial charge on any atom is 1.00 e. The predicted molar refractivity (Wildman–Crippen MR) is 32.0 cm³/mol. The summed E-state index contributed by atoms with van der Waals surface area (Å²) >= 11 is -1.79. The third-order valence-electron chi connectivity index (χ3n) is 0. The molecular formula is H8AuCl4NaO4. The van der Waals surface area contributed by atoms with Crippen molar-refractivity contribution >= 4 is 27.6 Å². The van der Waals surface area contributed by atoms with Crippen molar-refractivity contribution in [3.63, 3.8) is 0 Å². The third kappa shape index (κ3) is 136. The van der Waals surface area contributed by atoms with Gasteiger partial charge >= 0.3 is 72.3 Å². The Morgan fingerprint density at radius 3 is 0.700 bits per heavy atom. The Hall–Kier alpha value is 2.74. The van der Waals surface area contributed by atoms with Crippen LogP contribution in [0.3, 0.4) is 0 Å². The van der Waals surface area contributed by atoms with Gasteiger partial charge in [-0.25, -0.2) is 0 Å². The SMILES string of the molecule is O.O.O.O.[Cl-].[Cl][Au]([Cl])[Cl].[Na+]. The van der Waals surface area contributed by atoms with E-state index in [1.807, 2.05) is 0 Å². The Balaban J connectivity index is -0.00000000300. The van der Waals surface area contributed by atoms with Gasteiger partial charge in [-0.1, -0.05) is 0 Å². The largest absolute Gasteiger partial charge is 1.00 e. The van der Waals surface area contributed by atoms with Gasteiger partial charge in [0.25, 0.3) is 0 Å². The maximum atomic E-state index is 4.95. The molecule has 0 fully saturated rings. The Labute approximate surface area is 105 Å². The van der Waals surface area contributed by atoms with E-state index in [9.17, 15) is 0 Å². The Morgan fingerprint density at radius 2 is 0.700 bits per heavy atom. The second kappa shape index (κ2) is 41.1. The minimum absolute atomic E-state index is 0. The van der Waals surface area contributed by atoms with Crippen molar-refractivity contribution in [2.45, 2.75) is 0 Å². The summed E-state index contributed by atoms with van der Waals surface area (Å²) in [6.45, 7) is 0. The normalized spacial score (nSPS) is 4.50. The monoisotopic (exact) mass is 432 g/mol. The van der Waals surface area contributed by atoms with Crippen LogP contribution in [0.15, 0.2) is 0 Å². The Bertz CT molecular complexity index is 22.0. The van der Waals surface area contributed by atoms with Gasteiger partial charge in [-0.2, -0.15) is 0 Å². The third-order valence-corrected chi connectivity index (χ3v) is 0. The fourth-order valence-corrected chi connectivity index (χ4v) is 0. The summed E-state index contributed by atoms with van der Waals surface area (Å²) in [5, 5.41) is 0. The molecule has 72 valence electrons. The van der Waals surface area contributed by atoms with Gasteiger partial charge in [0.15, 0.2) is 0 Å². The van der Waals surface area contributed by atoms with E-state index in [-0.39, 0.29) is 63.9 Å². The summed E-state index contributed by atoms with van der Waals surface area (Å²) in [5.41, 5.74) is 0. The van der Waals surface area contributed by atoms with Gasteiger partial charge in [0, 0.05) is 0 Å². The number of halogens is 4. The quantitative estimate of drug-likeness (QED) is 0.337. The molecule has 10 heavy (non-hydrogen) atoms. The molecule has 0 atom stereocenters. The minimum atomic E-state index is -1.79. The van der Waals surface area contributed by atoms with Crippen molar-refractivity contribution < 1.29 is 79.1 Å². The molecule has 0 aliphatic rings. The van der Waals surface area contributed by atoms with Crippen LogP contribution in [0, 0.1) is 0 Å². The van der Waals surface area contributed by atoms with Gasteiger partial charge in [0.1, 0.15) is 0 Å². The molecule has 0 aliphatic heterocycles. The van der Waals surface area contributed by atoms with E-state index < -0.39 is 15.2 Å². The second-order valence-corrected chi connectivity index (χ2v) is 9.52. The first-order valence-corrected chi connectivity index (χ1v) is 8.40. The van der Waals surface area contributed by atoms with Crippen molar-refractivity contribution in [3.05, 3.63) is 0 Å². The zero-order valence-electron chi connectivity index (χ0n) is 4.81. The molecule has 0 aromatic heterocycles. The predicted octanol–water partition coefficient (Wildman–Crippen LogP) is -7.22. The molecule has 0 heterocycles. The molecule has 0 aromatic rings. The molecule has 0 aliphatic carbocycles. The fourth-order valence-electron chi connectivity index (χ4n) is 0. The van der Waals surface area contributed by atoms with Crippen LogP contribution in [-0.2, 0) is 15.2 Å². The summed E-state index contributed by atoms with van der Waals surface area (Å²) in [7, 11) is 14.9. The molecule has 0 saturated carbocycles. The van der Waals surface area contributed by atoms with Gasteiger partial charge in [0.05, 0.1) is 0 Å². The first-order valence-electron chi connectivity index (χ1n) is 0.342. The first-order chi connectivity index (χ1) is 1.73. The molecule has 0 aromatic carbocycles. The first kappa shape index (κ1) is 53.3. The molecule has 4 nitrogen and oxygen atoms in total. The summed E-state index contributed by atoms with van der Waals surface area (Å²) in [4.78, 5) is 0. The molecule has 0 unspecified atom stereocenters. The van der Waals surface area contributed by atoms with Crippen molar-refractivity contribution in [3.8, 4) is 0 Å². The van der Waals surface area contributed by atoms with Crippen LogP contribution in [0.4, 0.5) is 0 Å². The fraction of sp³-hybridized carbons (Fsp3) is 0. The molecule has 0 spiro atoms. The molecule has 0 rings (SSSR count). The van der Waals surface area contributed by atoms with Crippen LogP contribution in [-0.4, -0.2) is 21.9 Å². The van der Waals surface area contributed by atoms with Crippen molar-refractivity contribution in [1.29, 1.82) is 0 Å². The molecule has 0 radical (unpaired) electrons. The van der Waals surface area contributed by atoms with E-state index >= 15 is 0 Å². The van der Waals surface area contributed by atoms with Crippen molar-refractivity contribution in [2.24, 2.45) is 0 Å². The van der Waals surface area contributed by atoms with Crippen LogP contribution < -0.4 is 42.0 Å². The average Bonchev–Trinajstić information content (AvgIpc) is 0.811. The number of hydrogen-bond acceptors (Lipinski definition) is 0. The molecule has 0 saturated heterocycles. The van der Waals surface area contributed by atoms with E-state index in [2.05, 4.69) is 0 Å². The molecule has 8 N–H and O–H groups in total. The van der Waals surface area contributed by atoms with Gasteiger partial charge in [-0.3, -0.25) is 0 Å². The van der Waals surface area contributed by atoms with E-state index in [4.69, 9.17) is 27.6 Å². The smallest absolute Gasteiger partial charge is 1.00 e. The zero-order chi connectivity index (χ0) is 3.58. The van der Waals surface area contributed by atoms with Crippen molar-refractivity contribution in [1.82, 2.24) is 0 Å².